The van der Waals surface area contributed by atoms with E-state index in [-0.39, 0.29) is 17.9 Å². The van der Waals surface area contributed by atoms with Gasteiger partial charge in [-0.1, -0.05) is 13.3 Å². The molecule has 0 amide bonds. The number of nitrogens with zero attached hydrogens (tertiary/aromatic N) is 1. The van der Waals surface area contributed by atoms with Crippen LogP contribution in [0.5, 0.6) is 0 Å². The van der Waals surface area contributed by atoms with Gasteiger partial charge in [-0.2, -0.15) is 5.26 Å². The van der Waals surface area contributed by atoms with E-state index < -0.39 is 5.97 Å². The molecule has 0 radical (unpaired) electrons. The zero-order valence-corrected chi connectivity index (χ0v) is 9.07. The lowest BCUT2D eigenvalue weighted by Gasteiger charge is -2.18. The van der Waals surface area contributed by atoms with Crippen LogP contribution in [0.25, 0.3) is 0 Å². The molecule has 0 aliphatic heterocycles. The van der Waals surface area contributed by atoms with Gasteiger partial charge >= 0.3 is 5.97 Å². The third kappa shape index (κ3) is 3.21. The van der Waals surface area contributed by atoms with Crippen molar-refractivity contribution in [2.24, 2.45) is 11.8 Å². The van der Waals surface area contributed by atoms with Gasteiger partial charge in [0.2, 0.25) is 0 Å². The van der Waals surface area contributed by atoms with Gasteiger partial charge in [-0.25, -0.2) is 0 Å². The average Bonchev–Trinajstić information content (AvgIpc) is 2.67. The quantitative estimate of drug-likeness (QED) is 0.719. The summed E-state index contributed by atoms with van der Waals surface area (Å²) in [6.07, 6.45) is 3.50. The van der Waals surface area contributed by atoms with E-state index in [1.54, 1.807) is 0 Å². The smallest absolute Gasteiger partial charge is 0.306 e. The Kier molecular flexibility index (Phi) is 4.57. The molecular weight excluding hydrogens is 192 g/mol. The molecule has 1 fully saturated rings. The number of hydrogen-bond acceptors (Lipinski definition) is 3. The van der Waals surface area contributed by atoms with Crippen LogP contribution in [0.4, 0.5) is 0 Å². The van der Waals surface area contributed by atoms with Gasteiger partial charge in [-0.3, -0.25) is 4.79 Å². The van der Waals surface area contributed by atoms with Crippen molar-refractivity contribution in [3.05, 3.63) is 0 Å². The van der Waals surface area contributed by atoms with E-state index in [0.717, 1.165) is 25.7 Å². The summed E-state index contributed by atoms with van der Waals surface area (Å²) in [4.78, 5) is 10.9. The van der Waals surface area contributed by atoms with Crippen LogP contribution in [0.1, 0.15) is 32.6 Å². The minimum Gasteiger partial charge on any atom is -0.481 e. The van der Waals surface area contributed by atoms with Crippen molar-refractivity contribution >= 4 is 5.97 Å². The van der Waals surface area contributed by atoms with Crippen molar-refractivity contribution in [2.75, 3.05) is 6.54 Å². The summed E-state index contributed by atoms with van der Waals surface area (Å²) in [5.41, 5.74) is 0. The average molecular weight is 210 g/mol. The molecule has 2 N–H and O–H groups in total. The molecule has 0 aromatic rings. The second kappa shape index (κ2) is 5.72. The molecule has 15 heavy (non-hydrogen) atoms. The highest BCUT2D eigenvalue weighted by molar-refractivity contribution is 5.70. The summed E-state index contributed by atoms with van der Waals surface area (Å²) < 4.78 is 0. The highest BCUT2D eigenvalue weighted by Gasteiger charge is 2.32. The Labute approximate surface area is 90.3 Å². The number of carboxylic acids is 1. The van der Waals surface area contributed by atoms with Gasteiger partial charge in [-0.15, -0.1) is 0 Å². The molecule has 0 saturated heterocycles. The first-order valence-electron chi connectivity index (χ1n) is 5.54. The molecular formula is C11H18N2O2. The van der Waals surface area contributed by atoms with Crippen LogP contribution < -0.4 is 5.32 Å². The SMILES string of the molecule is CCC(C#N)NCC1CCCC1C(=O)O. The van der Waals surface area contributed by atoms with E-state index in [1.165, 1.54) is 0 Å². The van der Waals surface area contributed by atoms with Gasteiger partial charge in [-0.05, 0) is 31.7 Å². The predicted molar refractivity (Wildman–Crippen MR) is 56.2 cm³/mol. The molecule has 1 aliphatic carbocycles. The maximum atomic E-state index is 10.9. The molecule has 3 unspecified atom stereocenters. The molecule has 0 spiro atoms. The van der Waals surface area contributed by atoms with E-state index in [2.05, 4.69) is 11.4 Å². The first-order valence-corrected chi connectivity index (χ1v) is 5.54. The first-order chi connectivity index (χ1) is 7.19. The lowest BCUT2D eigenvalue weighted by molar-refractivity contribution is -0.142. The summed E-state index contributed by atoms with van der Waals surface area (Å²) >= 11 is 0. The summed E-state index contributed by atoms with van der Waals surface area (Å²) in [6.45, 7) is 2.60. The summed E-state index contributed by atoms with van der Waals surface area (Å²) in [7, 11) is 0. The lowest BCUT2D eigenvalue weighted by Crippen LogP contribution is -2.34. The lowest BCUT2D eigenvalue weighted by atomic mass is 9.96. The van der Waals surface area contributed by atoms with Gasteiger partial charge in [0.15, 0.2) is 0 Å². The minimum atomic E-state index is -0.690. The Morgan fingerprint density at radius 3 is 2.93 bits per heavy atom. The van der Waals surface area contributed by atoms with Gasteiger partial charge in [0, 0.05) is 0 Å². The van der Waals surface area contributed by atoms with Crippen molar-refractivity contribution in [1.82, 2.24) is 5.32 Å². The zero-order valence-electron chi connectivity index (χ0n) is 9.07. The first kappa shape index (κ1) is 12.0. The topological polar surface area (TPSA) is 73.1 Å². The van der Waals surface area contributed by atoms with Crippen molar-refractivity contribution in [3.8, 4) is 6.07 Å². The Balaban J connectivity index is 2.38. The highest BCUT2D eigenvalue weighted by atomic mass is 16.4. The van der Waals surface area contributed by atoms with Gasteiger partial charge in [0.25, 0.3) is 0 Å². The Hall–Kier alpha value is -1.08. The second-order valence-electron chi connectivity index (χ2n) is 4.13. The summed E-state index contributed by atoms with van der Waals surface area (Å²) in [6, 6.07) is 2.02. The molecule has 84 valence electrons. The number of nitriles is 1. The van der Waals surface area contributed by atoms with Crippen molar-refractivity contribution in [1.29, 1.82) is 5.26 Å². The fraction of sp³-hybridized carbons (Fsp3) is 0.818. The third-order valence-electron chi connectivity index (χ3n) is 3.17. The zero-order chi connectivity index (χ0) is 11.3. The number of rotatable bonds is 5. The largest absolute Gasteiger partial charge is 0.481 e. The fourth-order valence-corrected chi connectivity index (χ4v) is 2.18. The van der Waals surface area contributed by atoms with E-state index in [4.69, 9.17) is 10.4 Å². The van der Waals surface area contributed by atoms with Crippen LogP contribution in [0.15, 0.2) is 0 Å². The number of hydrogen-bond donors (Lipinski definition) is 2. The fourth-order valence-electron chi connectivity index (χ4n) is 2.18. The summed E-state index contributed by atoms with van der Waals surface area (Å²) in [5.74, 6) is -0.706. The van der Waals surface area contributed by atoms with Crippen molar-refractivity contribution < 1.29 is 9.90 Å². The Bertz CT molecular complexity index is 260. The van der Waals surface area contributed by atoms with Gasteiger partial charge in [0.05, 0.1) is 18.0 Å². The number of carboxylic acid groups (broad SMARTS) is 1. The predicted octanol–water partition coefficient (Wildman–Crippen LogP) is 1.38. The van der Waals surface area contributed by atoms with Gasteiger partial charge in [0.1, 0.15) is 0 Å². The van der Waals surface area contributed by atoms with Crippen molar-refractivity contribution in [2.45, 2.75) is 38.6 Å². The molecule has 3 atom stereocenters. The van der Waals surface area contributed by atoms with E-state index in [1.807, 2.05) is 6.92 Å². The molecule has 0 aromatic carbocycles. The third-order valence-corrected chi connectivity index (χ3v) is 3.17. The van der Waals surface area contributed by atoms with Crippen LogP contribution >= 0.6 is 0 Å². The number of aliphatic carboxylic acids is 1. The van der Waals surface area contributed by atoms with E-state index >= 15 is 0 Å². The number of nitrogens with one attached hydrogen (secondary N) is 1. The molecule has 4 heteroatoms. The molecule has 0 aromatic heterocycles. The van der Waals surface area contributed by atoms with Crippen LogP contribution in [-0.4, -0.2) is 23.7 Å². The van der Waals surface area contributed by atoms with E-state index in [0.29, 0.717) is 6.54 Å². The Morgan fingerprint density at radius 2 is 2.40 bits per heavy atom. The van der Waals surface area contributed by atoms with E-state index in [9.17, 15) is 4.79 Å². The Morgan fingerprint density at radius 1 is 1.67 bits per heavy atom. The molecule has 1 rings (SSSR count). The molecule has 1 saturated carbocycles. The normalized spacial score (nSPS) is 27.2. The molecule has 0 bridgehead atoms. The minimum absolute atomic E-state index is 0.139. The van der Waals surface area contributed by atoms with Crippen LogP contribution in [0.3, 0.4) is 0 Å². The molecule has 1 aliphatic rings. The maximum absolute atomic E-state index is 10.9. The standard InChI is InChI=1S/C11H18N2O2/c1-2-9(6-12)13-7-8-4-3-5-10(8)11(14)15/h8-10,13H,2-5,7H2,1H3,(H,14,15). The van der Waals surface area contributed by atoms with Crippen LogP contribution in [0.2, 0.25) is 0 Å². The van der Waals surface area contributed by atoms with Crippen molar-refractivity contribution in [3.63, 3.8) is 0 Å². The molecule has 0 heterocycles. The monoisotopic (exact) mass is 210 g/mol. The van der Waals surface area contributed by atoms with Crippen LogP contribution in [-0.2, 0) is 4.79 Å². The molecule has 4 nitrogen and oxygen atoms in total. The number of carbonyl (C=O) groups is 1. The van der Waals surface area contributed by atoms with Crippen LogP contribution in [0, 0.1) is 23.2 Å². The highest BCUT2D eigenvalue weighted by Crippen LogP contribution is 2.31. The maximum Gasteiger partial charge on any atom is 0.306 e. The second-order valence-corrected chi connectivity index (χ2v) is 4.13. The summed E-state index contributed by atoms with van der Waals surface area (Å²) in [5, 5.41) is 20.8. The van der Waals surface area contributed by atoms with Gasteiger partial charge < -0.3 is 10.4 Å².